The van der Waals surface area contributed by atoms with E-state index in [1.54, 1.807) is 0 Å². The highest BCUT2D eigenvalue weighted by atomic mass is 16.1. The molecule has 0 rings (SSSR count). The van der Waals surface area contributed by atoms with Crippen molar-refractivity contribution in [3.63, 3.8) is 0 Å². The van der Waals surface area contributed by atoms with Gasteiger partial charge in [0, 0.05) is 4.91 Å². The molecule has 0 fully saturated rings. The molecule has 0 aromatic heterocycles. The number of hydrogen-bond donors (Lipinski definition) is 1. The van der Waals surface area contributed by atoms with Crippen molar-refractivity contribution in [1.82, 2.24) is 0 Å². The van der Waals surface area contributed by atoms with Crippen molar-refractivity contribution in [2.75, 3.05) is 0 Å². The molecule has 0 bridgehead atoms. The zero-order chi connectivity index (χ0) is 15.8. The summed E-state index contributed by atoms with van der Waals surface area (Å²) in [6.07, 6.45) is 15.9. The van der Waals surface area contributed by atoms with Crippen molar-refractivity contribution in [2.24, 2.45) is 10.8 Å². The molecule has 122 valence electrons. The van der Waals surface area contributed by atoms with E-state index in [1.807, 2.05) is 0 Å². The Balaban J connectivity index is 3.28. The van der Waals surface area contributed by atoms with Gasteiger partial charge in [-0.15, -0.1) is 0 Å². The van der Waals surface area contributed by atoms with Crippen LogP contribution in [0, 0.1) is 0 Å². The summed E-state index contributed by atoms with van der Waals surface area (Å²) in [5.74, 6) is -0.518. The van der Waals surface area contributed by atoms with Crippen LogP contribution >= 0.6 is 0 Å². The molecular formula is C16H32N4O. The highest BCUT2D eigenvalue weighted by molar-refractivity contribution is 5.79. The molecule has 0 aliphatic heterocycles. The van der Waals surface area contributed by atoms with E-state index in [9.17, 15) is 4.79 Å². The van der Waals surface area contributed by atoms with Crippen LogP contribution in [0.15, 0.2) is 5.11 Å². The van der Waals surface area contributed by atoms with Crippen molar-refractivity contribution in [3.05, 3.63) is 10.4 Å². The Morgan fingerprint density at radius 1 is 0.952 bits per heavy atom. The molecule has 0 saturated carbocycles. The van der Waals surface area contributed by atoms with Gasteiger partial charge in [-0.05, 0) is 12.0 Å². The molecule has 0 heterocycles. The molecule has 0 aliphatic carbocycles. The van der Waals surface area contributed by atoms with Crippen LogP contribution in [0.4, 0.5) is 0 Å². The molecule has 0 aromatic rings. The van der Waals surface area contributed by atoms with Crippen molar-refractivity contribution >= 4 is 5.91 Å². The summed E-state index contributed by atoms with van der Waals surface area (Å²) >= 11 is 0. The fraction of sp³-hybridized carbons (Fsp3) is 0.938. The standard InChI is InChI=1S/C16H32N4O/c1-2-3-4-5-6-7-8-9-10-11-12-13-14-15(16(17)21)19-20-18/h15H,2-14H2,1H3,(H2,17,21). The second kappa shape index (κ2) is 15.2. The van der Waals surface area contributed by atoms with Gasteiger partial charge in [0.15, 0.2) is 0 Å². The topological polar surface area (TPSA) is 91.8 Å². The molecule has 5 nitrogen and oxygen atoms in total. The molecule has 2 N–H and O–H groups in total. The van der Waals surface area contributed by atoms with Crippen LogP contribution in [0.2, 0.25) is 0 Å². The fourth-order valence-corrected chi connectivity index (χ4v) is 2.50. The summed E-state index contributed by atoms with van der Waals surface area (Å²) < 4.78 is 0. The quantitative estimate of drug-likeness (QED) is 0.190. The maximum absolute atomic E-state index is 11.0. The van der Waals surface area contributed by atoms with Gasteiger partial charge in [-0.3, -0.25) is 4.79 Å². The largest absolute Gasteiger partial charge is 0.369 e. The van der Waals surface area contributed by atoms with Crippen molar-refractivity contribution in [1.29, 1.82) is 0 Å². The molecule has 1 unspecified atom stereocenters. The van der Waals surface area contributed by atoms with Crippen LogP contribution in [0.25, 0.3) is 10.4 Å². The molecule has 0 aliphatic rings. The summed E-state index contributed by atoms with van der Waals surface area (Å²) in [7, 11) is 0. The summed E-state index contributed by atoms with van der Waals surface area (Å²) in [5, 5.41) is 3.42. The number of carbonyl (C=O) groups excluding carboxylic acids is 1. The monoisotopic (exact) mass is 296 g/mol. The number of nitrogens with zero attached hydrogens (tertiary/aromatic N) is 3. The highest BCUT2D eigenvalue weighted by Crippen LogP contribution is 2.13. The molecular weight excluding hydrogens is 264 g/mol. The number of hydrogen-bond acceptors (Lipinski definition) is 2. The maximum Gasteiger partial charge on any atom is 0.226 e. The van der Waals surface area contributed by atoms with Gasteiger partial charge in [0.25, 0.3) is 0 Å². The van der Waals surface area contributed by atoms with E-state index in [4.69, 9.17) is 11.3 Å². The van der Waals surface area contributed by atoms with Crippen LogP contribution in [0.3, 0.4) is 0 Å². The zero-order valence-electron chi connectivity index (χ0n) is 13.6. The minimum absolute atomic E-state index is 0.518. The summed E-state index contributed by atoms with van der Waals surface area (Å²) in [6, 6.07) is -0.668. The first-order chi connectivity index (χ1) is 10.2. The van der Waals surface area contributed by atoms with Gasteiger partial charge in [-0.1, -0.05) is 89.1 Å². The Hall–Kier alpha value is -1.22. The van der Waals surface area contributed by atoms with E-state index >= 15 is 0 Å². The summed E-state index contributed by atoms with van der Waals surface area (Å²) in [4.78, 5) is 13.6. The Kier molecular flexibility index (Phi) is 14.3. The molecule has 0 aromatic carbocycles. The second-order valence-corrected chi connectivity index (χ2v) is 5.80. The fourth-order valence-electron chi connectivity index (χ4n) is 2.50. The molecule has 5 heteroatoms. The van der Waals surface area contributed by atoms with Crippen molar-refractivity contribution < 1.29 is 4.79 Å². The average molecular weight is 296 g/mol. The first-order valence-electron chi connectivity index (χ1n) is 8.56. The van der Waals surface area contributed by atoms with Gasteiger partial charge in [-0.25, -0.2) is 0 Å². The molecule has 0 saturated heterocycles. The molecule has 1 atom stereocenters. The SMILES string of the molecule is CCCCCCCCCCCCCCC(N=[N+]=[N-])C(N)=O. The number of carbonyl (C=O) groups is 1. The van der Waals surface area contributed by atoms with E-state index in [-0.39, 0.29) is 0 Å². The number of nitrogens with two attached hydrogens (primary N) is 1. The van der Waals surface area contributed by atoms with Gasteiger partial charge in [0.05, 0.1) is 0 Å². The predicted octanol–water partition coefficient (Wildman–Crippen LogP) is 5.24. The molecule has 21 heavy (non-hydrogen) atoms. The van der Waals surface area contributed by atoms with Crippen LogP contribution in [0.1, 0.15) is 90.4 Å². The first kappa shape index (κ1) is 19.8. The lowest BCUT2D eigenvalue weighted by molar-refractivity contribution is -0.119. The van der Waals surface area contributed by atoms with Gasteiger partial charge in [0.2, 0.25) is 5.91 Å². The van der Waals surface area contributed by atoms with Crippen molar-refractivity contribution in [2.45, 2.75) is 96.4 Å². The Morgan fingerprint density at radius 3 is 1.76 bits per heavy atom. The second-order valence-electron chi connectivity index (χ2n) is 5.80. The van der Waals surface area contributed by atoms with Crippen LogP contribution in [-0.4, -0.2) is 11.9 Å². The summed E-state index contributed by atoms with van der Waals surface area (Å²) in [6.45, 7) is 2.25. The van der Waals surface area contributed by atoms with E-state index in [1.165, 1.54) is 64.2 Å². The number of unbranched alkanes of at least 4 members (excludes halogenated alkanes) is 11. The Labute approximate surface area is 129 Å². The minimum atomic E-state index is -0.668. The van der Waals surface area contributed by atoms with Crippen LogP contribution in [0.5, 0.6) is 0 Å². The molecule has 0 spiro atoms. The lowest BCUT2D eigenvalue weighted by atomic mass is 10.0. The Morgan fingerprint density at radius 2 is 1.38 bits per heavy atom. The number of azide groups is 1. The number of primary amides is 1. The number of amides is 1. The minimum Gasteiger partial charge on any atom is -0.369 e. The molecule has 1 amide bonds. The third kappa shape index (κ3) is 13.5. The van der Waals surface area contributed by atoms with E-state index in [0.717, 1.165) is 12.8 Å². The van der Waals surface area contributed by atoms with Gasteiger partial charge >= 0.3 is 0 Å². The average Bonchev–Trinajstić information content (AvgIpc) is 2.47. The normalized spacial score (nSPS) is 11.9. The lowest BCUT2D eigenvalue weighted by Gasteiger charge is -2.06. The van der Waals surface area contributed by atoms with Gasteiger partial charge < -0.3 is 5.73 Å². The highest BCUT2D eigenvalue weighted by Gasteiger charge is 2.11. The van der Waals surface area contributed by atoms with Crippen molar-refractivity contribution in [3.8, 4) is 0 Å². The first-order valence-corrected chi connectivity index (χ1v) is 8.56. The number of rotatable bonds is 15. The zero-order valence-corrected chi connectivity index (χ0v) is 13.6. The van der Waals surface area contributed by atoms with Gasteiger partial charge in [-0.2, -0.15) is 0 Å². The summed E-state index contributed by atoms with van der Waals surface area (Å²) in [5.41, 5.74) is 13.5. The maximum atomic E-state index is 11.0. The van der Waals surface area contributed by atoms with Crippen LogP contribution < -0.4 is 5.73 Å². The van der Waals surface area contributed by atoms with E-state index < -0.39 is 11.9 Å². The predicted molar refractivity (Wildman–Crippen MR) is 87.8 cm³/mol. The lowest BCUT2D eigenvalue weighted by Crippen LogP contribution is -2.26. The molecule has 0 radical (unpaired) electrons. The van der Waals surface area contributed by atoms with Gasteiger partial charge in [0.1, 0.15) is 6.04 Å². The third-order valence-corrected chi connectivity index (χ3v) is 3.85. The third-order valence-electron chi connectivity index (χ3n) is 3.85. The Bertz CT molecular complexity index is 299. The smallest absolute Gasteiger partial charge is 0.226 e. The van der Waals surface area contributed by atoms with Crippen LogP contribution in [-0.2, 0) is 4.79 Å². The van der Waals surface area contributed by atoms with E-state index in [2.05, 4.69) is 16.9 Å². The van der Waals surface area contributed by atoms with E-state index in [0.29, 0.717) is 6.42 Å².